The highest BCUT2D eigenvalue weighted by molar-refractivity contribution is 4.91. The number of likely N-dealkylation sites (tertiary alicyclic amines) is 1. The van der Waals surface area contributed by atoms with E-state index in [2.05, 4.69) is 31.0 Å². The number of nitrogens with zero attached hydrogens (tertiary/aromatic N) is 1. The van der Waals surface area contributed by atoms with Crippen LogP contribution >= 0.6 is 0 Å². The van der Waals surface area contributed by atoms with Crippen LogP contribution in [0.15, 0.2) is 0 Å². The van der Waals surface area contributed by atoms with Crippen molar-refractivity contribution in [2.75, 3.05) is 26.2 Å². The molecule has 2 nitrogen and oxygen atoms in total. The van der Waals surface area contributed by atoms with Gasteiger partial charge >= 0.3 is 0 Å². The van der Waals surface area contributed by atoms with Gasteiger partial charge < -0.3 is 10.2 Å². The molecule has 0 radical (unpaired) electrons. The Labute approximate surface area is 114 Å². The molecule has 0 spiro atoms. The first-order valence-electron chi connectivity index (χ1n) is 8.03. The van der Waals surface area contributed by atoms with Crippen molar-refractivity contribution >= 4 is 0 Å². The molecular formula is C16H32N2. The summed E-state index contributed by atoms with van der Waals surface area (Å²) in [5.41, 5.74) is 0.559. The molecular weight excluding hydrogens is 220 g/mol. The average molecular weight is 252 g/mol. The standard InChI is InChI=1S/C16H32N2/c1-14-12-16(2,3)13-15(14)17-8-7-11-18-9-5-4-6-10-18/h14-15,17H,4-13H2,1-3H3. The van der Waals surface area contributed by atoms with Gasteiger partial charge in [-0.1, -0.05) is 27.2 Å². The number of hydrogen-bond donors (Lipinski definition) is 1. The summed E-state index contributed by atoms with van der Waals surface area (Å²) in [6.07, 6.45) is 8.35. The van der Waals surface area contributed by atoms with Crippen LogP contribution in [0.5, 0.6) is 0 Å². The normalized spacial score (nSPS) is 32.8. The van der Waals surface area contributed by atoms with Gasteiger partial charge in [-0.25, -0.2) is 0 Å². The zero-order chi connectivity index (χ0) is 13.0. The van der Waals surface area contributed by atoms with Crippen molar-refractivity contribution in [1.29, 1.82) is 0 Å². The summed E-state index contributed by atoms with van der Waals surface area (Å²) in [4.78, 5) is 2.65. The van der Waals surface area contributed by atoms with Gasteiger partial charge in [0, 0.05) is 6.04 Å². The molecule has 1 saturated carbocycles. The van der Waals surface area contributed by atoms with Crippen LogP contribution in [0, 0.1) is 11.3 Å². The highest BCUT2D eigenvalue weighted by atomic mass is 15.1. The quantitative estimate of drug-likeness (QED) is 0.755. The Bertz CT molecular complexity index is 243. The van der Waals surface area contributed by atoms with Gasteiger partial charge in [0.25, 0.3) is 0 Å². The average Bonchev–Trinajstić information content (AvgIpc) is 2.59. The van der Waals surface area contributed by atoms with Crippen molar-refractivity contribution in [3.8, 4) is 0 Å². The molecule has 2 heteroatoms. The van der Waals surface area contributed by atoms with E-state index in [-0.39, 0.29) is 0 Å². The smallest absolute Gasteiger partial charge is 0.00979 e. The van der Waals surface area contributed by atoms with Crippen molar-refractivity contribution in [3.05, 3.63) is 0 Å². The lowest BCUT2D eigenvalue weighted by molar-refractivity contribution is 0.224. The Morgan fingerprint density at radius 2 is 1.83 bits per heavy atom. The Morgan fingerprint density at radius 3 is 2.44 bits per heavy atom. The van der Waals surface area contributed by atoms with E-state index in [9.17, 15) is 0 Å². The maximum absolute atomic E-state index is 3.80. The maximum Gasteiger partial charge on any atom is 0.00979 e. The first-order valence-corrected chi connectivity index (χ1v) is 8.03. The highest BCUT2D eigenvalue weighted by Gasteiger charge is 2.35. The maximum atomic E-state index is 3.80. The van der Waals surface area contributed by atoms with Gasteiger partial charge in [0.2, 0.25) is 0 Å². The van der Waals surface area contributed by atoms with E-state index in [1.54, 1.807) is 0 Å². The van der Waals surface area contributed by atoms with Crippen LogP contribution in [0.4, 0.5) is 0 Å². The van der Waals surface area contributed by atoms with Crippen molar-refractivity contribution in [3.63, 3.8) is 0 Å². The van der Waals surface area contributed by atoms with Crippen LogP contribution in [0.3, 0.4) is 0 Å². The molecule has 1 aliphatic carbocycles. The summed E-state index contributed by atoms with van der Waals surface area (Å²) in [5, 5.41) is 3.80. The van der Waals surface area contributed by atoms with Gasteiger partial charge in [-0.05, 0) is 69.6 Å². The first kappa shape index (κ1) is 14.3. The number of rotatable bonds is 5. The van der Waals surface area contributed by atoms with E-state index in [1.807, 2.05) is 0 Å². The van der Waals surface area contributed by atoms with E-state index in [0.717, 1.165) is 12.0 Å². The molecule has 1 N–H and O–H groups in total. The molecule has 2 fully saturated rings. The molecule has 1 heterocycles. The van der Waals surface area contributed by atoms with Crippen molar-refractivity contribution < 1.29 is 0 Å². The van der Waals surface area contributed by atoms with Crippen molar-refractivity contribution in [1.82, 2.24) is 10.2 Å². The Hall–Kier alpha value is -0.0800. The Morgan fingerprint density at radius 1 is 1.11 bits per heavy atom. The van der Waals surface area contributed by atoms with Crippen LogP contribution in [-0.2, 0) is 0 Å². The number of nitrogens with one attached hydrogen (secondary N) is 1. The van der Waals surface area contributed by atoms with Gasteiger partial charge in [0.15, 0.2) is 0 Å². The third kappa shape index (κ3) is 4.24. The molecule has 2 atom stereocenters. The third-order valence-electron chi connectivity index (χ3n) is 4.84. The monoisotopic (exact) mass is 252 g/mol. The molecule has 0 aromatic carbocycles. The minimum Gasteiger partial charge on any atom is -0.314 e. The zero-order valence-electron chi connectivity index (χ0n) is 12.7. The van der Waals surface area contributed by atoms with E-state index >= 15 is 0 Å². The summed E-state index contributed by atoms with van der Waals surface area (Å²) in [5.74, 6) is 0.856. The summed E-state index contributed by atoms with van der Waals surface area (Å²) >= 11 is 0. The molecule has 1 saturated heterocycles. The second-order valence-corrected chi connectivity index (χ2v) is 7.37. The molecule has 1 aliphatic heterocycles. The summed E-state index contributed by atoms with van der Waals surface area (Å²) in [7, 11) is 0. The molecule has 0 amide bonds. The molecule has 0 bridgehead atoms. The van der Waals surface area contributed by atoms with Crippen LogP contribution in [0.1, 0.15) is 59.3 Å². The fraction of sp³-hybridized carbons (Fsp3) is 1.00. The number of hydrogen-bond acceptors (Lipinski definition) is 2. The minimum atomic E-state index is 0.559. The van der Waals surface area contributed by atoms with Gasteiger partial charge in [0.1, 0.15) is 0 Å². The molecule has 2 aliphatic rings. The molecule has 2 rings (SSSR count). The van der Waals surface area contributed by atoms with Gasteiger partial charge in [-0.3, -0.25) is 0 Å². The predicted octanol–water partition coefficient (Wildman–Crippen LogP) is 3.28. The van der Waals surface area contributed by atoms with E-state index < -0.39 is 0 Å². The lowest BCUT2D eigenvalue weighted by Crippen LogP contribution is -2.36. The summed E-state index contributed by atoms with van der Waals surface area (Å²) in [6.45, 7) is 12.4. The SMILES string of the molecule is CC1CC(C)(C)CC1NCCCN1CCCCC1. The van der Waals surface area contributed by atoms with Crippen molar-refractivity contribution in [2.24, 2.45) is 11.3 Å². The summed E-state index contributed by atoms with van der Waals surface area (Å²) in [6, 6.07) is 0.765. The topological polar surface area (TPSA) is 15.3 Å². The minimum absolute atomic E-state index is 0.559. The third-order valence-corrected chi connectivity index (χ3v) is 4.84. The molecule has 0 aromatic rings. The zero-order valence-corrected chi connectivity index (χ0v) is 12.7. The predicted molar refractivity (Wildman–Crippen MR) is 78.9 cm³/mol. The van der Waals surface area contributed by atoms with Gasteiger partial charge in [0.05, 0.1) is 0 Å². The van der Waals surface area contributed by atoms with E-state index in [4.69, 9.17) is 0 Å². The fourth-order valence-corrected chi connectivity index (χ4v) is 3.94. The van der Waals surface area contributed by atoms with Crippen LogP contribution in [-0.4, -0.2) is 37.1 Å². The van der Waals surface area contributed by atoms with Gasteiger partial charge in [-0.2, -0.15) is 0 Å². The first-order chi connectivity index (χ1) is 8.57. The lowest BCUT2D eigenvalue weighted by Gasteiger charge is -2.27. The number of piperidine rings is 1. The van der Waals surface area contributed by atoms with Crippen LogP contribution < -0.4 is 5.32 Å². The largest absolute Gasteiger partial charge is 0.314 e. The summed E-state index contributed by atoms with van der Waals surface area (Å²) < 4.78 is 0. The highest BCUT2D eigenvalue weighted by Crippen LogP contribution is 2.40. The van der Waals surface area contributed by atoms with Crippen molar-refractivity contribution in [2.45, 2.75) is 65.3 Å². The van der Waals surface area contributed by atoms with Crippen LogP contribution in [0.25, 0.3) is 0 Å². The van der Waals surface area contributed by atoms with Gasteiger partial charge in [-0.15, -0.1) is 0 Å². The second-order valence-electron chi connectivity index (χ2n) is 7.37. The van der Waals surface area contributed by atoms with Crippen LogP contribution in [0.2, 0.25) is 0 Å². The fourth-order valence-electron chi connectivity index (χ4n) is 3.94. The Balaban J connectivity index is 1.58. The second kappa shape index (κ2) is 6.38. The van der Waals surface area contributed by atoms with E-state index in [1.165, 1.54) is 64.7 Å². The van der Waals surface area contributed by atoms with E-state index in [0.29, 0.717) is 5.41 Å². The molecule has 2 unspecified atom stereocenters. The Kier molecular flexibility index (Phi) is 5.08. The molecule has 18 heavy (non-hydrogen) atoms. The lowest BCUT2D eigenvalue weighted by atomic mass is 9.91. The molecule has 0 aromatic heterocycles. The molecule has 106 valence electrons.